The van der Waals surface area contributed by atoms with Gasteiger partial charge in [0.1, 0.15) is 28.6 Å². The standard InChI is InChI=1S/C25H23ClFN7O/c1-31(2)18-8-9-33(13-18)25(35)22-14-34(17-6-7-21-19(11-17)23(26)32(3)30-21)24(29-22)15-4-5-16(12-28)20(27)10-15/h4-7,10-11,14,18H,8-9,13H2,1-3H3/t18-/m0/s1. The third kappa shape index (κ3) is 4.05. The van der Waals surface area contributed by atoms with E-state index in [2.05, 4.69) is 15.0 Å². The molecule has 8 nitrogen and oxygen atoms in total. The summed E-state index contributed by atoms with van der Waals surface area (Å²) in [4.78, 5) is 21.9. The van der Waals surface area contributed by atoms with Crippen LogP contribution in [0.4, 0.5) is 4.39 Å². The van der Waals surface area contributed by atoms with E-state index in [-0.39, 0.29) is 17.2 Å². The van der Waals surface area contributed by atoms with E-state index < -0.39 is 5.82 Å². The minimum absolute atomic E-state index is 0.0569. The maximum atomic E-state index is 14.5. The smallest absolute Gasteiger partial charge is 0.274 e. The Balaban J connectivity index is 1.62. The number of halogens is 2. The largest absolute Gasteiger partial charge is 0.336 e. The fourth-order valence-corrected chi connectivity index (χ4v) is 4.63. The second-order valence-electron chi connectivity index (χ2n) is 8.90. The van der Waals surface area contributed by atoms with Crippen molar-refractivity contribution >= 4 is 28.4 Å². The molecule has 35 heavy (non-hydrogen) atoms. The molecule has 0 unspecified atom stereocenters. The summed E-state index contributed by atoms with van der Waals surface area (Å²) in [6, 6.07) is 12.0. The van der Waals surface area contributed by atoms with Crippen molar-refractivity contribution in [2.45, 2.75) is 12.5 Å². The van der Waals surface area contributed by atoms with Gasteiger partial charge in [-0.3, -0.25) is 14.0 Å². The van der Waals surface area contributed by atoms with Crippen molar-refractivity contribution < 1.29 is 9.18 Å². The maximum absolute atomic E-state index is 14.5. The second kappa shape index (κ2) is 8.80. The molecule has 10 heteroatoms. The van der Waals surface area contributed by atoms with Crippen molar-refractivity contribution in [3.05, 3.63) is 64.8 Å². The topological polar surface area (TPSA) is 83.0 Å². The van der Waals surface area contributed by atoms with Crippen LogP contribution in [0.1, 0.15) is 22.5 Å². The first-order valence-electron chi connectivity index (χ1n) is 11.1. The number of imidazole rings is 1. The van der Waals surface area contributed by atoms with Crippen LogP contribution in [0.25, 0.3) is 28.0 Å². The average molecular weight is 492 g/mol. The molecule has 178 valence electrons. The van der Waals surface area contributed by atoms with Crippen LogP contribution in [0.15, 0.2) is 42.6 Å². The van der Waals surface area contributed by atoms with Gasteiger partial charge in [0.25, 0.3) is 5.91 Å². The molecule has 1 aliphatic rings. The number of likely N-dealkylation sites (tertiary alicyclic amines) is 1. The third-order valence-electron chi connectivity index (χ3n) is 6.48. The normalized spacial score (nSPS) is 15.8. The molecule has 0 aliphatic carbocycles. The van der Waals surface area contributed by atoms with Crippen LogP contribution >= 0.6 is 11.6 Å². The predicted molar refractivity (Wildman–Crippen MR) is 131 cm³/mol. The average Bonchev–Trinajstić information content (AvgIpc) is 3.57. The van der Waals surface area contributed by atoms with E-state index in [1.807, 2.05) is 38.4 Å². The Bertz CT molecular complexity index is 1500. The summed E-state index contributed by atoms with van der Waals surface area (Å²) in [5, 5.41) is 14.7. The number of nitriles is 1. The Morgan fingerprint density at radius 2 is 2.06 bits per heavy atom. The molecule has 0 radical (unpaired) electrons. The second-order valence-corrected chi connectivity index (χ2v) is 9.26. The number of aromatic nitrogens is 4. The highest BCUT2D eigenvalue weighted by Gasteiger charge is 2.30. The lowest BCUT2D eigenvalue weighted by Gasteiger charge is -2.19. The molecule has 1 amide bonds. The fourth-order valence-electron chi connectivity index (χ4n) is 4.44. The molecule has 0 spiro atoms. The molecule has 1 fully saturated rings. The van der Waals surface area contributed by atoms with E-state index in [1.165, 1.54) is 12.1 Å². The SMILES string of the molecule is CN(C)[C@H]1CCN(C(=O)c2cn(-c3ccc4nn(C)c(Cl)c4c3)c(-c3ccc(C#N)c(F)c3)n2)C1. The Labute approximate surface area is 206 Å². The van der Waals surface area contributed by atoms with Gasteiger partial charge in [0.2, 0.25) is 0 Å². The van der Waals surface area contributed by atoms with E-state index in [4.69, 9.17) is 16.9 Å². The first-order valence-corrected chi connectivity index (χ1v) is 11.5. The zero-order valence-electron chi connectivity index (χ0n) is 19.5. The highest BCUT2D eigenvalue weighted by molar-refractivity contribution is 6.34. The maximum Gasteiger partial charge on any atom is 0.274 e. The lowest BCUT2D eigenvalue weighted by molar-refractivity contribution is 0.0778. The molecular formula is C25H23ClFN7O. The minimum atomic E-state index is -0.647. The number of nitrogens with zero attached hydrogens (tertiary/aromatic N) is 7. The van der Waals surface area contributed by atoms with Crippen molar-refractivity contribution in [2.24, 2.45) is 7.05 Å². The molecule has 1 aliphatic heterocycles. The first kappa shape index (κ1) is 23.0. The van der Waals surface area contributed by atoms with Crippen molar-refractivity contribution in [3.8, 4) is 23.1 Å². The van der Waals surface area contributed by atoms with Gasteiger partial charge >= 0.3 is 0 Å². The zero-order chi connectivity index (χ0) is 24.9. The van der Waals surface area contributed by atoms with Gasteiger partial charge < -0.3 is 9.80 Å². The Morgan fingerprint density at radius 3 is 2.74 bits per heavy atom. The van der Waals surface area contributed by atoms with Crippen LogP contribution in [0.5, 0.6) is 0 Å². The summed E-state index contributed by atoms with van der Waals surface area (Å²) < 4.78 is 17.8. The number of hydrogen-bond donors (Lipinski definition) is 0. The van der Waals surface area contributed by atoms with E-state index in [9.17, 15) is 9.18 Å². The van der Waals surface area contributed by atoms with Gasteiger partial charge in [0.15, 0.2) is 0 Å². The monoisotopic (exact) mass is 491 g/mol. The van der Waals surface area contributed by atoms with Gasteiger partial charge in [-0.15, -0.1) is 0 Å². The van der Waals surface area contributed by atoms with Gasteiger partial charge in [-0.2, -0.15) is 10.4 Å². The molecule has 1 atom stereocenters. The number of carbonyl (C=O) groups excluding carboxylic acids is 1. The summed E-state index contributed by atoms with van der Waals surface area (Å²) in [6.45, 7) is 1.27. The number of benzene rings is 2. The molecule has 4 aromatic rings. The van der Waals surface area contributed by atoms with E-state index in [0.29, 0.717) is 41.4 Å². The van der Waals surface area contributed by atoms with E-state index >= 15 is 0 Å². The molecule has 0 saturated carbocycles. The van der Waals surface area contributed by atoms with Crippen LogP contribution in [-0.2, 0) is 7.05 Å². The highest BCUT2D eigenvalue weighted by atomic mass is 35.5. The Morgan fingerprint density at radius 1 is 1.26 bits per heavy atom. The molecule has 0 bridgehead atoms. The molecular weight excluding hydrogens is 469 g/mol. The summed E-state index contributed by atoms with van der Waals surface area (Å²) in [6.07, 6.45) is 2.56. The number of amides is 1. The summed E-state index contributed by atoms with van der Waals surface area (Å²) in [5.74, 6) is -0.435. The van der Waals surface area contributed by atoms with Gasteiger partial charge in [0, 0.05) is 49.0 Å². The van der Waals surface area contributed by atoms with Crippen LogP contribution in [0, 0.1) is 17.1 Å². The Kier molecular flexibility index (Phi) is 5.79. The van der Waals surface area contributed by atoms with Crippen molar-refractivity contribution in [3.63, 3.8) is 0 Å². The third-order valence-corrected chi connectivity index (χ3v) is 6.92. The summed E-state index contributed by atoms with van der Waals surface area (Å²) in [7, 11) is 5.77. The van der Waals surface area contributed by atoms with E-state index in [1.54, 1.807) is 33.5 Å². The van der Waals surface area contributed by atoms with Crippen molar-refractivity contribution in [2.75, 3.05) is 27.2 Å². The van der Waals surface area contributed by atoms with Crippen LogP contribution in [0.2, 0.25) is 5.15 Å². The van der Waals surface area contributed by atoms with Gasteiger partial charge in [-0.1, -0.05) is 11.6 Å². The molecule has 5 rings (SSSR count). The quantitative estimate of drug-likeness (QED) is 0.433. The lowest BCUT2D eigenvalue weighted by atomic mass is 10.1. The van der Waals surface area contributed by atoms with Crippen LogP contribution < -0.4 is 0 Å². The molecule has 3 heterocycles. The number of carbonyl (C=O) groups is 1. The molecule has 2 aromatic heterocycles. The molecule has 2 aromatic carbocycles. The molecule has 0 N–H and O–H groups in total. The zero-order valence-corrected chi connectivity index (χ0v) is 20.3. The fraction of sp³-hybridized carbons (Fsp3) is 0.280. The number of fused-ring (bicyclic) bond motifs is 1. The minimum Gasteiger partial charge on any atom is -0.336 e. The number of aryl methyl sites for hydroxylation is 1. The van der Waals surface area contributed by atoms with Crippen molar-refractivity contribution in [1.29, 1.82) is 5.26 Å². The number of likely N-dealkylation sites (N-methyl/N-ethyl adjacent to an activating group) is 1. The first-order chi connectivity index (χ1) is 16.8. The Hall–Kier alpha value is -3.74. The summed E-state index contributed by atoms with van der Waals surface area (Å²) >= 11 is 6.42. The number of rotatable bonds is 4. The van der Waals surface area contributed by atoms with Crippen molar-refractivity contribution in [1.82, 2.24) is 29.1 Å². The van der Waals surface area contributed by atoms with Gasteiger partial charge in [-0.05, 0) is 56.9 Å². The highest BCUT2D eigenvalue weighted by Crippen LogP contribution is 2.30. The van der Waals surface area contributed by atoms with E-state index in [0.717, 1.165) is 17.3 Å². The van der Waals surface area contributed by atoms with Crippen LogP contribution in [-0.4, -0.2) is 68.3 Å². The lowest BCUT2D eigenvalue weighted by Crippen LogP contribution is -2.34. The molecule has 1 saturated heterocycles. The number of hydrogen-bond acceptors (Lipinski definition) is 5. The van der Waals surface area contributed by atoms with Crippen LogP contribution in [0.3, 0.4) is 0 Å². The summed E-state index contributed by atoms with van der Waals surface area (Å²) in [5.41, 5.74) is 2.09. The van der Waals surface area contributed by atoms with Gasteiger partial charge in [0.05, 0.1) is 11.1 Å². The van der Waals surface area contributed by atoms with Gasteiger partial charge in [-0.25, -0.2) is 9.37 Å². The predicted octanol–water partition coefficient (Wildman–Crippen LogP) is 3.87.